The summed E-state index contributed by atoms with van der Waals surface area (Å²) in [6.07, 6.45) is 9.03. The highest BCUT2D eigenvalue weighted by molar-refractivity contribution is 6.26. The minimum absolute atomic E-state index is 0.120. The van der Waals surface area contributed by atoms with Crippen molar-refractivity contribution >= 4 is 49.0 Å². The zero-order chi connectivity index (χ0) is 24.9. The van der Waals surface area contributed by atoms with Crippen LogP contribution in [0.15, 0.2) is 48.7 Å². The third kappa shape index (κ3) is 2.94. The van der Waals surface area contributed by atoms with Crippen LogP contribution in [-0.2, 0) is 12.5 Å². The van der Waals surface area contributed by atoms with Crippen molar-refractivity contribution < 1.29 is 4.57 Å². The maximum absolute atomic E-state index is 2.61. The van der Waals surface area contributed by atoms with Crippen molar-refractivity contribution in [1.29, 1.82) is 0 Å². The first-order valence-electron chi connectivity index (χ1n) is 13.8. The average Bonchev–Trinajstić information content (AvgIpc) is 3.19. The molecule has 3 aromatic heterocycles. The van der Waals surface area contributed by atoms with E-state index in [-0.39, 0.29) is 5.41 Å². The Hall–Kier alpha value is -3.13. The molecule has 3 aromatic carbocycles. The molecule has 7 rings (SSSR count). The number of aryl methyl sites for hydroxylation is 3. The van der Waals surface area contributed by atoms with Crippen LogP contribution in [0.1, 0.15) is 81.0 Å². The van der Waals surface area contributed by atoms with Gasteiger partial charge in [0.15, 0.2) is 6.20 Å². The number of hydrogen-bond acceptors (Lipinski definition) is 0. The summed E-state index contributed by atoms with van der Waals surface area (Å²) in [7, 11) is 2.22. The second-order valence-corrected chi connectivity index (χ2v) is 12.5. The Bertz CT molecular complexity index is 1820. The van der Waals surface area contributed by atoms with Gasteiger partial charge in [-0.15, -0.1) is 0 Å². The zero-order valence-electron chi connectivity index (χ0n) is 22.6. The Kier molecular flexibility index (Phi) is 4.57. The summed E-state index contributed by atoms with van der Waals surface area (Å²) in [6, 6.07) is 17.0. The van der Waals surface area contributed by atoms with E-state index in [9.17, 15) is 0 Å². The van der Waals surface area contributed by atoms with E-state index in [1.54, 1.807) is 0 Å². The fourth-order valence-corrected chi connectivity index (χ4v) is 7.07. The summed E-state index contributed by atoms with van der Waals surface area (Å²) in [5.41, 5.74) is 11.3. The Morgan fingerprint density at radius 1 is 0.833 bits per heavy atom. The Balaban J connectivity index is 1.75. The zero-order valence-corrected chi connectivity index (χ0v) is 22.6. The van der Waals surface area contributed by atoms with Crippen LogP contribution in [-0.4, -0.2) is 4.40 Å². The molecule has 2 nitrogen and oxygen atoms in total. The van der Waals surface area contributed by atoms with E-state index in [0.717, 1.165) is 0 Å². The van der Waals surface area contributed by atoms with Crippen molar-refractivity contribution in [3.8, 4) is 0 Å². The maximum atomic E-state index is 2.61. The Morgan fingerprint density at radius 2 is 1.61 bits per heavy atom. The molecule has 36 heavy (non-hydrogen) atoms. The van der Waals surface area contributed by atoms with Crippen molar-refractivity contribution in [2.24, 2.45) is 7.05 Å². The first kappa shape index (κ1) is 22.1. The van der Waals surface area contributed by atoms with Gasteiger partial charge in [-0.1, -0.05) is 52.2 Å². The topological polar surface area (TPSA) is 8.29 Å². The van der Waals surface area contributed by atoms with Gasteiger partial charge in [0.2, 0.25) is 5.52 Å². The molecule has 0 bridgehead atoms. The molecule has 6 aromatic rings. The molecule has 0 aliphatic heterocycles. The van der Waals surface area contributed by atoms with Gasteiger partial charge < -0.3 is 4.40 Å². The SMILES string of the molecule is Cc1cc2c3cc(C(C)(C)C)ccc3n3c4cc(C5CCCCC5)cc5cc[n+](C)c(c(c1C)c23)c54. The normalized spacial score (nSPS) is 15.9. The molecule has 3 heterocycles. The molecule has 0 atom stereocenters. The lowest BCUT2D eigenvalue weighted by molar-refractivity contribution is -0.643. The number of rotatable bonds is 1. The molecule has 1 aliphatic rings. The lowest BCUT2D eigenvalue weighted by Crippen LogP contribution is -2.29. The van der Waals surface area contributed by atoms with Gasteiger partial charge in [0.25, 0.3) is 0 Å². The van der Waals surface area contributed by atoms with Gasteiger partial charge in [-0.05, 0) is 89.9 Å². The summed E-state index contributed by atoms with van der Waals surface area (Å²) in [5.74, 6) is 0.683. The van der Waals surface area contributed by atoms with Gasteiger partial charge in [-0.3, -0.25) is 0 Å². The second-order valence-electron chi connectivity index (χ2n) is 12.5. The number of nitrogens with zero attached hydrogens (tertiary/aromatic N) is 2. The highest BCUT2D eigenvalue weighted by atomic mass is 15.0. The Labute approximate surface area is 213 Å². The predicted molar refractivity (Wildman–Crippen MR) is 154 cm³/mol. The molecular weight excluding hydrogens is 436 g/mol. The molecule has 0 N–H and O–H groups in total. The third-order valence-corrected chi connectivity index (χ3v) is 9.23. The van der Waals surface area contributed by atoms with Crippen LogP contribution in [0.4, 0.5) is 0 Å². The number of hydrogen-bond donors (Lipinski definition) is 0. The fourth-order valence-electron chi connectivity index (χ4n) is 7.07. The minimum atomic E-state index is 0.120. The smallest absolute Gasteiger partial charge is 0.224 e. The summed E-state index contributed by atoms with van der Waals surface area (Å²) in [4.78, 5) is 0. The molecule has 1 aliphatic carbocycles. The van der Waals surface area contributed by atoms with Crippen LogP contribution in [0.2, 0.25) is 0 Å². The Morgan fingerprint density at radius 3 is 2.36 bits per heavy atom. The van der Waals surface area contributed by atoms with Gasteiger partial charge in [0.05, 0.1) is 27.3 Å². The molecular formula is C34H37N2+. The third-order valence-electron chi connectivity index (χ3n) is 9.23. The highest BCUT2D eigenvalue weighted by Gasteiger charge is 2.27. The quantitative estimate of drug-likeness (QED) is 0.128. The van der Waals surface area contributed by atoms with Crippen molar-refractivity contribution in [1.82, 2.24) is 4.40 Å². The van der Waals surface area contributed by atoms with Crippen molar-refractivity contribution in [2.45, 2.75) is 78.1 Å². The van der Waals surface area contributed by atoms with Gasteiger partial charge >= 0.3 is 0 Å². The van der Waals surface area contributed by atoms with Crippen LogP contribution in [0.25, 0.3) is 49.0 Å². The van der Waals surface area contributed by atoms with Gasteiger partial charge in [-0.25, -0.2) is 4.57 Å². The molecule has 1 saturated carbocycles. The first-order chi connectivity index (χ1) is 17.2. The van der Waals surface area contributed by atoms with Crippen LogP contribution < -0.4 is 4.57 Å². The molecule has 1 fully saturated rings. The minimum Gasteiger partial charge on any atom is -0.307 e. The van der Waals surface area contributed by atoms with Crippen LogP contribution in [0, 0.1) is 13.8 Å². The van der Waals surface area contributed by atoms with Gasteiger partial charge in [0, 0.05) is 16.8 Å². The molecule has 0 unspecified atom stereocenters. The standard InChI is InChI=1S/C34H37N2/c1-20-16-27-26-19-25(34(3,4)5)12-13-28(26)36-29-18-24(22-10-8-7-9-11-22)17-23-14-15-35(6)33(31(23)29)30(21(20)2)32(27)36/h12-19,22H,7-11H2,1-6H3/q+1. The number of pyridine rings is 2. The number of fused-ring (bicyclic) bond motifs is 5. The fraction of sp³-hybridized carbons (Fsp3) is 0.382. The molecule has 2 heteroatoms. The maximum Gasteiger partial charge on any atom is 0.224 e. The average molecular weight is 474 g/mol. The second kappa shape index (κ2) is 7.44. The van der Waals surface area contributed by atoms with E-state index in [0.29, 0.717) is 5.92 Å². The van der Waals surface area contributed by atoms with Crippen LogP contribution >= 0.6 is 0 Å². The van der Waals surface area contributed by atoms with E-state index < -0.39 is 0 Å². The predicted octanol–water partition coefficient (Wildman–Crippen LogP) is 8.78. The number of benzene rings is 3. The summed E-state index contributed by atoms with van der Waals surface area (Å²) in [5, 5.41) is 6.96. The van der Waals surface area contributed by atoms with E-state index in [1.165, 1.54) is 103 Å². The van der Waals surface area contributed by atoms with E-state index in [2.05, 4.69) is 99.3 Å². The molecule has 0 radical (unpaired) electrons. The van der Waals surface area contributed by atoms with E-state index in [4.69, 9.17) is 0 Å². The van der Waals surface area contributed by atoms with Gasteiger partial charge in [-0.2, -0.15) is 0 Å². The summed E-state index contributed by atoms with van der Waals surface area (Å²) >= 11 is 0. The van der Waals surface area contributed by atoms with Crippen LogP contribution in [0.5, 0.6) is 0 Å². The molecule has 0 saturated heterocycles. The highest BCUT2D eigenvalue weighted by Crippen LogP contribution is 2.44. The monoisotopic (exact) mass is 473 g/mol. The number of aromatic nitrogens is 2. The summed E-state index contributed by atoms with van der Waals surface area (Å²) in [6.45, 7) is 11.6. The van der Waals surface area contributed by atoms with Gasteiger partial charge in [0.1, 0.15) is 7.05 Å². The molecule has 0 spiro atoms. The van der Waals surface area contributed by atoms with Crippen molar-refractivity contribution in [2.75, 3.05) is 0 Å². The summed E-state index contributed by atoms with van der Waals surface area (Å²) < 4.78 is 4.97. The lowest BCUT2D eigenvalue weighted by Gasteiger charge is -2.23. The van der Waals surface area contributed by atoms with E-state index >= 15 is 0 Å². The van der Waals surface area contributed by atoms with Crippen LogP contribution in [0.3, 0.4) is 0 Å². The van der Waals surface area contributed by atoms with E-state index in [1.807, 2.05) is 0 Å². The first-order valence-corrected chi connectivity index (χ1v) is 13.8. The van der Waals surface area contributed by atoms with Crippen molar-refractivity contribution in [3.05, 3.63) is 70.9 Å². The lowest BCUT2D eigenvalue weighted by atomic mass is 9.83. The molecule has 182 valence electrons. The molecule has 0 amide bonds. The van der Waals surface area contributed by atoms with Crippen molar-refractivity contribution in [3.63, 3.8) is 0 Å². The largest absolute Gasteiger partial charge is 0.307 e.